The Bertz CT molecular complexity index is 919. The summed E-state index contributed by atoms with van der Waals surface area (Å²) in [6.07, 6.45) is 1.80. The molecular formula is C20H22BrN5O3. The Kier molecular flexibility index (Phi) is 6.60. The molecule has 1 unspecified atom stereocenters. The zero-order valence-corrected chi connectivity index (χ0v) is 17.8. The number of amides is 3. The minimum atomic E-state index is -0.291. The van der Waals surface area contributed by atoms with E-state index in [1.54, 1.807) is 47.3 Å². The van der Waals surface area contributed by atoms with E-state index in [1.165, 1.54) is 0 Å². The largest absolute Gasteiger partial charge is 0.324 e. The summed E-state index contributed by atoms with van der Waals surface area (Å²) in [6.45, 7) is 1.91. The van der Waals surface area contributed by atoms with Gasteiger partial charge in [0.1, 0.15) is 5.82 Å². The van der Waals surface area contributed by atoms with Crippen LogP contribution >= 0.6 is 15.9 Å². The standard InChI is InChI=1S/C20H22BrN5O3/c1-13-9-18(27)23-15-5-3-4-6-16(15)26(13)20(29)12-25(2)11-19(28)24-17-8-7-14(21)10-22-17/h3-8,10,13H,9,11-12H2,1-2H3,(H,23,27)(H,22,24,28). The highest BCUT2D eigenvalue weighted by Crippen LogP contribution is 2.31. The van der Waals surface area contributed by atoms with E-state index in [0.29, 0.717) is 17.2 Å². The van der Waals surface area contributed by atoms with E-state index in [2.05, 4.69) is 31.5 Å². The van der Waals surface area contributed by atoms with Gasteiger partial charge in [-0.15, -0.1) is 0 Å². The van der Waals surface area contributed by atoms with Crippen molar-refractivity contribution in [1.29, 1.82) is 0 Å². The maximum absolute atomic E-state index is 13.0. The third-order valence-electron chi connectivity index (χ3n) is 4.44. The van der Waals surface area contributed by atoms with Gasteiger partial charge in [-0.25, -0.2) is 4.98 Å². The molecule has 2 heterocycles. The number of pyridine rings is 1. The van der Waals surface area contributed by atoms with E-state index in [-0.39, 0.29) is 43.3 Å². The van der Waals surface area contributed by atoms with Gasteiger partial charge in [-0.1, -0.05) is 12.1 Å². The van der Waals surface area contributed by atoms with Gasteiger partial charge in [0, 0.05) is 23.1 Å². The number of carbonyl (C=O) groups excluding carboxylic acids is 3. The quantitative estimate of drug-likeness (QED) is 0.715. The minimum absolute atomic E-state index is 0.0323. The first-order valence-corrected chi connectivity index (χ1v) is 9.93. The van der Waals surface area contributed by atoms with Crippen LogP contribution in [-0.4, -0.2) is 53.8 Å². The number of nitrogens with zero attached hydrogens (tertiary/aromatic N) is 3. The van der Waals surface area contributed by atoms with Crippen LogP contribution in [0.2, 0.25) is 0 Å². The molecule has 1 aromatic heterocycles. The van der Waals surface area contributed by atoms with Gasteiger partial charge >= 0.3 is 0 Å². The number of likely N-dealkylation sites (N-methyl/N-ethyl adjacent to an activating group) is 1. The Morgan fingerprint density at radius 2 is 2.03 bits per heavy atom. The second-order valence-corrected chi connectivity index (χ2v) is 7.88. The molecule has 3 amide bonds. The average Bonchev–Trinajstić information content (AvgIpc) is 2.77. The first kappa shape index (κ1) is 20.9. The summed E-state index contributed by atoms with van der Waals surface area (Å²) in [5.74, 6) is -0.137. The number of hydrogen-bond donors (Lipinski definition) is 2. The van der Waals surface area contributed by atoms with Gasteiger partial charge in [-0.2, -0.15) is 0 Å². The summed E-state index contributed by atoms with van der Waals surface area (Å²) in [4.78, 5) is 44.7. The van der Waals surface area contributed by atoms with Crippen molar-refractivity contribution in [2.45, 2.75) is 19.4 Å². The summed E-state index contributed by atoms with van der Waals surface area (Å²) < 4.78 is 0.818. The molecule has 1 aliphatic rings. The molecule has 29 heavy (non-hydrogen) atoms. The molecule has 9 heteroatoms. The number of fused-ring (bicyclic) bond motifs is 1. The summed E-state index contributed by atoms with van der Waals surface area (Å²) >= 11 is 3.29. The number of halogens is 1. The Balaban J connectivity index is 1.64. The Labute approximate surface area is 177 Å². The molecule has 1 aliphatic heterocycles. The van der Waals surface area contributed by atoms with Crippen molar-refractivity contribution < 1.29 is 14.4 Å². The van der Waals surface area contributed by atoms with Gasteiger partial charge in [0.25, 0.3) is 0 Å². The van der Waals surface area contributed by atoms with E-state index in [9.17, 15) is 14.4 Å². The summed E-state index contributed by atoms with van der Waals surface area (Å²) in [5, 5.41) is 5.53. The van der Waals surface area contributed by atoms with E-state index < -0.39 is 0 Å². The lowest BCUT2D eigenvalue weighted by molar-refractivity contribution is -0.121. The Hall–Kier alpha value is -2.78. The number of nitrogens with one attached hydrogen (secondary N) is 2. The van der Waals surface area contributed by atoms with Crippen LogP contribution in [0.15, 0.2) is 47.1 Å². The molecule has 0 saturated heterocycles. The van der Waals surface area contributed by atoms with Crippen LogP contribution in [0.5, 0.6) is 0 Å². The SMILES string of the molecule is CC1CC(=O)Nc2ccccc2N1C(=O)CN(C)CC(=O)Nc1ccc(Br)cn1. The number of aromatic nitrogens is 1. The van der Waals surface area contributed by atoms with E-state index >= 15 is 0 Å². The minimum Gasteiger partial charge on any atom is -0.324 e. The van der Waals surface area contributed by atoms with Gasteiger partial charge < -0.3 is 15.5 Å². The van der Waals surface area contributed by atoms with E-state index in [0.717, 1.165) is 4.47 Å². The summed E-state index contributed by atoms with van der Waals surface area (Å²) in [5.41, 5.74) is 1.27. The Morgan fingerprint density at radius 3 is 2.76 bits per heavy atom. The molecule has 8 nitrogen and oxygen atoms in total. The zero-order valence-electron chi connectivity index (χ0n) is 16.2. The maximum Gasteiger partial charge on any atom is 0.241 e. The lowest BCUT2D eigenvalue weighted by Gasteiger charge is -2.29. The second kappa shape index (κ2) is 9.15. The maximum atomic E-state index is 13.0. The molecule has 2 N–H and O–H groups in total. The predicted octanol–water partition coefficient (Wildman–Crippen LogP) is 2.48. The number of para-hydroxylation sites is 2. The molecule has 1 aromatic carbocycles. The number of rotatable bonds is 5. The normalized spacial score (nSPS) is 16.1. The summed E-state index contributed by atoms with van der Waals surface area (Å²) in [7, 11) is 1.70. The van der Waals surface area contributed by atoms with Gasteiger partial charge in [-0.3, -0.25) is 19.3 Å². The summed E-state index contributed by atoms with van der Waals surface area (Å²) in [6, 6.07) is 10.4. The van der Waals surface area contributed by atoms with Crippen molar-refractivity contribution in [2.75, 3.05) is 35.7 Å². The molecule has 0 bridgehead atoms. The van der Waals surface area contributed by atoms with Crippen molar-refractivity contribution in [2.24, 2.45) is 0 Å². The molecule has 3 rings (SSSR count). The Morgan fingerprint density at radius 1 is 1.28 bits per heavy atom. The molecule has 0 fully saturated rings. The zero-order chi connectivity index (χ0) is 21.0. The molecule has 0 aliphatic carbocycles. The van der Waals surface area contributed by atoms with Gasteiger partial charge in [0.05, 0.1) is 24.5 Å². The van der Waals surface area contributed by atoms with Crippen molar-refractivity contribution in [1.82, 2.24) is 9.88 Å². The predicted molar refractivity (Wildman–Crippen MR) is 115 cm³/mol. The first-order chi connectivity index (χ1) is 13.8. The topological polar surface area (TPSA) is 94.6 Å². The number of anilines is 3. The molecule has 0 radical (unpaired) electrons. The average molecular weight is 460 g/mol. The lowest BCUT2D eigenvalue weighted by Crippen LogP contribution is -2.45. The molecule has 1 atom stereocenters. The van der Waals surface area contributed by atoms with Crippen molar-refractivity contribution >= 4 is 50.8 Å². The molecular weight excluding hydrogens is 438 g/mol. The van der Waals surface area contributed by atoms with Crippen LogP contribution in [0.3, 0.4) is 0 Å². The number of hydrogen-bond acceptors (Lipinski definition) is 5. The van der Waals surface area contributed by atoms with E-state index in [4.69, 9.17) is 0 Å². The highest BCUT2D eigenvalue weighted by molar-refractivity contribution is 9.10. The molecule has 152 valence electrons. The fourth-order valence-electron chi connectivity index (χ4n) is 3.21. The van der Waals surface area contributed by atoms with Crippen LogP contribution < -0.4 is 15.5 Å². The highest BCUT2D eigenvalue weighted by Gasteiger charge is 2.30. The molecule has 2 aromatic rings. The van der Waals surface area contributed by atoms with Crippen LogP contribution in [0.4, 0.5) is 17.2 Å². The van der Waals surface area contributed by atoms with Gasteiger partial charge in [-0.05, 0) is 54.2 Å². The highest BCUT2D eigenvalue weighted by atomic mass is 79.9. The monoisotopic (exact) mass is 459 g/mol. The fraction of sp³-hybridized carbons (Fsp3) is 0.300. The first-order valence-electron chi connectivity index (χ1n) is 9.14. The third-order valence-corrected chi connectivity index (χ3v) is 4.91. The molecule has 0 spiro atoms. The van der Waals surface area contributed by atoms with Crippen LogP contribution in [-0.2, 0) is 14.4 Å². The van der Waals surface area contributed by atoms with Gasteiger partial charge in [0.2, 0.25) is 17.7 Å². The van der Waals surface area contributed by atoms with Gasteiger partial charge in [0.15, 0.2) is 0 Å². The fourth-order valence-corrected chi connectivity index (χ4v) is 3.44. The lowest BCUT2D eigenvalue weighted by atomic mass is 10.1. The third kappa shape index (κ3) is 5.39. The van der Waals surface area contributed by atoms with Crippen LogP contribution in [0, 0.1) is 0 Å². The second-order valence-electron chi connectivity index (χ2n) is 6.96. The van der Waals surface area contributed by atoms with Crippen molar-refractivity contribution in [3.63, 3.8) is 0 Å². The number of carbonyl (C=O) groups is 3. The van der Waals surface area contributed by atoms with Crippen molar-refractivity contribution in [3.05, 3.63) is 47.1 Å². The van der Waals surface area contributed by atoms with Crippen LogP contribution in [0.1, 0.15) is 13.3 Å². The van der Waals surface area contributed by atoms with Crippen LogP contribution in [0.25, 0.3) is 0 Å². The van der Waals surface area contributed by atoms with E-state index in [1.807, 2.05) is 19.1 Å². The van der Waals surface area contributed by atoms with Crippen molar-refractivity contribution in [3.8, 4) is 0 Å². The molecule has 0 saturated carbocycles. The smallest absolute Gasteiger partial charge is 0.241 e. The number of benzene rings is 1.